The fourth-order valence-corrected chi connectivity index (χ4v) is 5.94. The van der Waals surface area contributed by atoms with E-state index in [1.165, 1.54) is 5.56 Å². The molecule has 1 fully saturated rings. The minimum Gasteiger partial charge on any atom is -0.349 e. The fraction of sp³-hybridized carbons (Fsp3) is 0.607. The third kappa shape index (κ3) is 6.76. The van der Waals surface area contributed by atoms with Crippen molar-refractivity contribution >= 4 is 16.8 Å². The first kappa shape index (κ1) is 26.7. The summed E-state index contributed by atoms with van der Waals surface area (Å²) in [7, 11) is 1.87. The van der Waals surface area contributed by atoms with Crippen molar-refractivity contribution in [2.75, 3.05) is 19.6 Å². The molecule has 10 heteroatoms. The lowest BCUT2D eigenvalue weighted by molar-refractivity contribution is -0.136. The molecule has 3 heterocycles. The molecule has 2 aromatic heterocycles. The van der Waals surface area contributed by atoms with E-state index in [0.29, 0.717) is 18.0 Å². The summed E-state index contributed by atoms with van der Waals surface area (Å²) in [5.74, 6) is 0.659. The number of nitrogens with zero attached hydrogens (tertiary/aromatic N) is 5. The molecule has 206 valence electrons. The van der Waals surface area contributed by atoms with Gasteiger partial charge < -0.3 is 10.2 Å². The molecule has 0 bridgehead atoms. The number of carbonyl (C=O) groups is 1. The van der Waals surface area contributed by atoms with Crippen molar-refractivity contribution in [3.63, 3.8) is 0 Å². The van der Waals surface area contributed by atoms with Crippen molar-refractivity contribution in [1.29, 1.82) is 0 Å². The van der Waals surface area contributed by atoms with Crippen molar-refractivity contribution in [3.05, 3.63) is 47.4 Å². The van der Waals surface area contributed by atoms with E-state index in [0.717, 1.165) is 81.2 Å². The first-order valence-electron chi connectivity index (χ1n) is 13.8. The molecule has 1 aromatic carbocycles. The van der Waals surface area contributed by atoms with E-state index < -0.39 is 12.6 Å². The smallest absolute Gasteiger partial charge is 0.349 e. The number of rotatable bonds is 8. The van der Waals surface area contributed by atoms with Gasteiger partial charge in [0.1, 0.15) is 0 Å². The van der Waals surface area contributed by atoms with Crippen molar-refractivity contribution in [1.82, 2.24) is 29.8 Å². The SMILES string of the molecule is Cn1cc2c(C(=O)NC3CCC(CCN4CCc5cn(CCCC(F)(F)F)nc5CC4)CC3)cccc2n1. The monoisotopic (exact) mass is 530 g/mol. The van der Waals surface area contributed by atoms with Gasteiger partial charge in [0.25, 0.3) is 5.91 Å². The Labute approximate surface area is 221 Å². The second kappa shape index (κ2) is 11.5. The number of benzene rings is 1. The maximum atomic E-state index is 13.0. The first-order valence-corrected chi connectivity index (χ1v) is 13.8. The molecule has 1 amide bonds. The average Bonchev–Trinajstić information content (AvgIpc) is 3.39. The van der Waals surface area contributed by atoms with Crippen LogP contribution in [0, 0.1) is 5.92 Å². The third-order valence-corrected chi connectivity index (χ3v) is 8.08. The molecule has 38 heavy (non-hydrogen) atoms. The van der Waals surface area contributed by atoms with E-state index in [4.69, 9.17) is 0 Å². The number of alkyl halides is 3. The number of hydrogen-bond donors (Lipinski definition) is 1. The molecular formula is C28H37F3N6O. The van der Waals surface area contributed by atoms with Gasteiger partial charge in [-0.15, -0.1) is 0 Å². The number of fused-ring (bicyclic) bond motifs is 2. The maximum Gasteiger partial charge on any atom is 0.389 e. The zero-order valence-electron chi connectivity index (χ0n) is 22.0. The molecule has 0 unspecified atom stereocenters. The van der Waals surface area contributed by atoms with Crippen LogP contribution in [0.4, 0.5) is 13.2 Å². The summed E-state index contributed by atoms with van der Waals surface area (Å²) in [6, 6.07) is 5.89. The van der Waals surface area contributed by atoms with Crippen LogP contribution >= 0.6 is 0 Å². The molecule has 0 spiro atoms. The standard InChI is InChI=1S/C28H37F3N6O/c1-35-19-24-23(4-2-5-26(24)33-35)27(38)32-22-8-6-20(7-9-22)10-15-36-16-11-21-18-37(34-25(21)12-17-36)14-3-13-28(29,30)31/h2,4-5,18-20,22H,3,6-17H2,1H3,(H,32,38). The number of carbonyl (C=O) groups excluding carboxylic acids is 1. The van der Waals surface area contributed by atoms with Gasteiger partial charge in [-0.3, -0.25) is 14.2 Å². The van der Waals surface area contributed by atoms with Crippen LogP contribution in [-0.4, -0.2) is 62.2 Å². The molecular weight excluding hydrogens is 493 g/mol. The number of halogens is 3. The summed E-state index contributed by atoms with van der Waals surface area (Å²) < 4.78 is 40.7. The lowest BCUT2D eigenvalue weighted by Crippen LogP contribution is -2.38. The Bertz CT molecular complexity index is 1220. The van der Waals surface area contributed by atoms with Gasteiger partial charge in [-0.2, -0.15) is 23.4 Å². The Hall–Kier alpha value is -2.88. The molecule has 1 saturated carbocycles. The second-order valence-electron chi connectivity index (χ2n) is 10.9. The first-order chi connectivity index (χ1) is 18.2. The average molecular weight is 531 g/mol. The lowest BCUT2D eigenvalue weighted by atomic mass is 9.84. The predicted molar refractivity (Wildman–Crippen MR) is 140 cm³/mol. The Morgan fingerprint density at radius 3 is 2.63 bits per heavy atom. The van der Waals surface area contributed by atoms with Crippen molar-refractivity contribution in [2.24, 2.45) is 13.0 Å². The van der Waals surface area contributed by atoms with Crippen LogP contribution in [0.1, 0.15) is 66.6 Å². The Balaban J connectivity index is 1.03. The van der Waals surface area contributed by atoms with Crippen LogP contribution in [0.15, 0.2) is 30.6 Å². The third-order valence-electron chi connectivity index (χ3n) is 8.08. The fourth-order valence-electron chi connectivity index (χ4n) is 5.94. The summed E-state index contributed by atoms with van der Waals surface area (Å²) in [5.41, 5.74) is 3.74. The second-order valence-corrected chi connectivity index (χ2v) is 10.9. The van der Waals surface area contributed by atoms with E-state index in [1.54, 1.807) is 9.36 Å². The molecule has 5 rings (SSSR count). The highest BCUT2D eigenvalue weighted by atomic mass is 19.4. The summed E-state index contributed by atoms with van der Waals surface area (Å²) in [6.07, 6.45) is 6.22. The molecule has 2 aliphatic rings. The largest absolute Gasteiger partial charge is 0.389 e. The van der Waals surface area contributed by atoms with E-state index in [9.17, 15) is 18.0 Å². The summed E-state index contributed by atoms with van der Waals surface area (Å²) in [6.45, 7) is 3.28. The molecule has 0 radical (unpaired) electrons. The number of aromatic nitrogens is 4. The van der Waals surface area contributed by atoms with Crippen LogP contribution in [0.25, 0.3) is 10.9 Å². The van der Waals surface area contributed by atoms with Crippen LogP contribution in [0.5, 0.6) is 0 Å². The van der Waals surface area contributed by atoms with E-state index >= 15 is 0 Å². The van der Waals surface area contributed by atoms with Crippen LogP contribution in [0.3, 0.4) is 0 Å². The number of hydrogen-bond acceptors (Lipinski definition) is 4. The van der Waals surface area contributed by atoms with Crippen molar-refractivity contribution in [2.45, 2.75) is 76.6 Å². The van der Waals surface area contributed by atoms with E-state index in [-0.39, 0.29) is 18.4 Å². The van der Waals surface area contributed by atoms with Crippen LogP contribution in [0.2, 0.25) is 0 Å². The molecule has 0 atom stereocenters. The summed E-state index contributed by atoms with van der Waals surface area (Å²) in [4.78, 5) is 15.5. The predicted octanol–water partition coefficient (Wildman–Crippen LogP) is 4.89. The van der Waals surface area contributed by atoms with Gasteiger partial charge in [-0.05, 0) is 75.1 Å². The van der Waals surface area contributed by atoms with Crippen LogP contribution in [-0.2, 0) is 26.4 Å². The van der Waals surface area contributed by atoms with Gasteiger partial charge in [-0.25, -0.2) is 0 Å². The molecule has 1 aliphatic heterocycles. The van der Waals surface area contributed by atoms with Gasteiger partial charge in [0, 0.05) is 63.3 Å². The van der Waals surface area contributed by atoms with Gasteiger partial charge in [0.05, 0.1) is 16.8 Å². The minimum atomic E-state index is -4.10. The molecule has 3 aromatic rings. The molecule has 1 aliphatic carbocycles. The molecule has 1 N–H and O–H groups in total. The topological polar surface area (TPSA) is 68.0 Å². The zero-order valence-corrected chi connectivity index (χ0v) is 22.0. The highest BCUT2D eigenvalue weighted by Gasteiger charge is 2.27. The van der Waals surface area contributed by atoms with Gasteiger partial charge >= 0.3 is 6.18 Å². The highest BCUT2D eigenvalue weighted by molar-refractivity contribution is 6.06. The van der Waals surface area contributed by atoms with Crippen LogP contribution < -0.4 is 5.32 Å². The van der Waals surface area contributed by atoms with Crippen molar-refractivity contribution in [3.8, 4) is 0 Å². The molecule has 0 saturated heterocycles. The zero-order chi connectivity index (χ0) is 26.7. The highest BCUT2D eigenvalue weighted by Crippen LogP contribution is 2.28. The van der Waals surface area contributed by atoms with Gasteiger partial charge in [0.15, 0.2) is 0 Å². The Morgan fingerprint density at radius 2 is 1.84 bits per heavy atom. The quantitative estimate of drug-likeness (QED) is 0.450. The number of nitrogens with one attached hydrogen (secondary N) is 1. The molecule has 7 nitrogen and oxygen atoms in total. The number of aryl methyl sites for hydroxylation is 2. The van der Waals surface area contributed by atoms with Gasteiger partial charge in [-0.1, -0.05) is 6.07 Å². The lowest BCUT2D eigenvalue weighted by Gasteiger charge is -2.30. The van der Waals surface area contributed by atoms with Gasteiger partial charge in [0.2, 0.25) is 0 Å². The van der Waals surface area contributed by atoms with Crippen molar-refractivity contribution < 1.29 is 18.0 Å². The normalized spacial score (nSPS) is 20.8. The summed E-state index contributed by atoms with van der Waals surface area (Å²) in [5, 5.41) is 13.1. The maximum absolute atomic E-state index is 13.0. The Kier molecular flexibility index (Phi) is 8.07. The van der Waals surface area contributed by atoms with E-state index in [1.807, 2.05) is 37.6 Å². The Morgan fingerprint density at radius 1 is 1.05 bits per heavy atom. The van der Waals surface area contributed by atoms with E-state index in [2.05, 4.69) is 20.4 Å². The summed E-state index contributed by atoms with van der Waals surface area (Å²) >= 11 is 0. The minimum absolute atomic E-state index is 0.0155. The number of amides is 1.